The molecule has 0 saturated heterocycles. The average molecular weight is 181 g/mol. The van der Waals surface area contributed by atoms with Crippen LogP contribution < -0.4 is 10.6 Å². The van der Waals surface area contributed by atoms with Gasteiger partial charge < -0.3 is 10.6 Å². The molecule has 3 heteroatoms. The second-order valence-electron chi connectivity index (χ2n) is 2.25. The predicted octanol–water partition coefficient (Wildman–Crippen LogP) is 1.74. The van der Waals surface area contributed by atoms with Crippen molar-refractivity contribution in [1.82, 2.24) is 10.3 Å². The van der Waals surface area contributed by atoms with Crippen molar-refractivity contribution in [2.24, 2.45) is 0 Å². The minimum atomic E-state index is 0.910. The first-order valence-corrected chi connectivity index (χ1v) is 4.73. The molecule has 0 saturated carbocycles. The minimum absolute atomic E-state index is 0.910. The van der Waals surface area contributed by atoms with Crippen LogP contribution >= 0.6 is 0 Å². The molecule has 0 fully saturated rings. The number of pyridine rings is 1. The fourth-order valence-corrected chi connectivity index (χ4v) is 0.783. The molecule has 0 aliphatic heterocycles. The standard InChI is InChI=1S/C8H13N3.C2H6/c1-9-6-7-11-8-4-2-3-5-10-8;1-2/h2-5,9H,6-7H2,1H3,(H,10,11);1-2H3. The van der Waals surface area contributed by atoms with Gasteiger partial charge in [0.2, 0.25) is 0 Å². The van der Waals surface area contributed by atoms with Crippen LogP contribution in [0.4, 0.5) is 5.82 Å². The summed E-state index contributed by atoms with van der Waals surface area (Å²) >= 11 is 0. The maximum atomic E-state index is 4.11. The second kappa shape index (κ2) is 9.00. The van der Waals surface area contributed by atoms with Crippen LogP contribution in [0.25, 0.3) is 0 Å². The zero-order valence-electron chi connectivity index (χ0n) is 8.67. The molecule has 2 N–H and O–H groups in total. The number of hydrogen-bond donors (Lipinski definition) is 2. The Labute approximate surface area is 80.6 Å². The van der Waals surface area contributed by atoms with E-state index in [2.05, 4.69) is 15.6 Å². The first-order chi connectivity index (χ1) is 6.43. The van der Waals surface area contributed by atoms with E-state index in [9.17, 15) is 0 Å². The minimum Gasteiger partial charge on any atom is -0.369 e. The van der Waals surface area contributed by atoms with Crippen molar-refractivity contribution in [3.8, 4) is 0 Å². The van der Waals surface area contributed by atoms with Crippen LogP contribution in [-0.4, -0.2) is 25.1 Å². The monoisotopic (exact) mass is 181 g/mol. The van der Waals surface area contributed by atoms with Gasteiger partial charge in [-0.2, -0.15) is 0 Å². The SMILES string of the molecule is CC.CNCCNc1ccccn1. The highest BCUT2D eigenvalue weighted by molar-refractivity contribution is 5.32. The summed E-state index contributed by atoms with van der Waals surface area (Å²) in [7, 11) is 1.93. The summed E-state index contributed by atoms with van der Waals surface area (Å²) in [5.74, 6) is 0.933. The van der Waals surface area contributed by atoms with Gasteiger partial charge >= 0.3 is 0 Å². The summed E-state index contributed by atoms with van der Waals surface area (Å²) in [6.45, 7) is 5.87. The quantitative estimate of drug-likeness (QED) is 0.695. The summed E-state index contributed by atoms with van der Waals surface area (Å²) in [6, 6.07) is 5.83. The lowest BCUT2D eigenvalue weighted by atomic mass is 10.4. The number of likely N-dealkylation sites (N-methyl/N-ethyl adjacent to an activating group) is 1. The zero-order chi connectivity index (χ0) is 9.94. The van der Waals surface area contributed by atoms with Crippen LogP contribution in [-0.2, 0) is 0 Å². The average Bonchev–Trinajstić information content (AvgIpc) is 2.23. The van der Waals surface area contributed by atoms with Gasteiger partial charge in [0.1, 0.15) is 5.82 Å². The lowest BCUT2D eigenvalue weighted by Gasteiger charge is -2.02. The summed E-state index contributed by atoms with van der Waals surface area (Å²) in [4.78, 5) is 4.11. The van der Waals surface area contributed by atoms with E-state index in [4.69, 9.17) is 0 Å². The first kappa shape index (κ1) is 11.9. The summed E-state index contributed by atoms with van der Waals surface area (Å²) in [6.07, 6.45) is 1.78. The highest BCUT2D eigenvalue weighted by atomic mass is 15.0. The topological polar surface area (TPSA) is 37.0 Å². The van der Waals surface area contributed by atoms with Crippen LogP contribution in [0.1, 0.15) is 13.8 Å². The first-order valence-electron chi connectivity index (χ1n) is 4.73. The smallest absolute Gasteiger partial charge is 0.125 e. The van der Waals surface area contributed by atoms with E-state index in [-0.39, 0.29) is 0 Å². The van der Waals surface area contributed by atoms with E-state index in [1.807, 2.05) is 39.1 Å². The molecule has 0 unspecified atom stereocenters. The third-order valence-corrected chi connectivity index (χ3v) is 1.35. The Morgan fingerprint density at radius 2 is 2.00 bits per heavy atom. The lowest BCUT2D eigenvalue weighted by molar-refractivity contribution is 0.821. The largest absolute Gasteiger partial charge is 0.369 e. The highest BCUT2D eigenvalue weighted by Crippen LogP contribution is 1.97. The Kier molecular flexibility index (Phi) is 8.25. The Balaban J connectivity index is 0.000000671. The Morgan fingerprint density at radius 3 is 2.54 bits per heavy atom. The number of nitrogens with zero attached hydrogens (tertiary/aromatic N) is 1. The van der Waals surface area contributed by atoms with Crippen molar-refractivity contribution in [3.63, 3.8) is 0 Å². The van der Waals surface area contributed by atoms with Crippen molar-refractivity contribution in [3.05, 3.63) is 24.4 Å². The molecule has 1 heterocycles. The summed E-state index contributed by atoms with van der Waals surface area (Å²) in [5, 5.41) is 6.22. The lowest BCUT2D eigenvalue weighted by Crippen LogP contribution is -2.17. The fraction of sp³-hybridized carbons (Fsp3) is 0.500. The summed E-state index contributed by atoms with van der Waals surface area (Å²) < 4.78 is 0. The van der Waals surface area contributed by atoms with Gasteiger partial charge in [-0.1, -0.05) is 19.9 Å². The van der Waals surface area contributed by atoms with Gasteiger partial charge in [-0.15, -0.1) is 0 Å². The number of anilines is 1. The molecule has 1 rings (SSSR count). The third kappa shape index (κ3) is 6.11. The van der Waals surface area contributed by atoms with Gasteiger partial charge in [-0.3, -0.25) is 0 Å². The molecule has 0 bridgehead atoms. The molecule has 0 aromatic carbocycles. The van der Waals surface area contributed by atoms with E-state index in [0.29, 0.717) is 0 Å². The number of nitrogens with one attached hydrogen (secondary N) is 2. The van der Waals surface area contributed by atoms with Gasteiger partial charge in [0.25, 0.3) is 0 Å². The van der Waals surface area contributed by atoms with E-state index >= 15 is 0 Å². The summed E-state index contributed by atoms with van der Waals surface area (Å²) in [5.41, 5.74) is 0. The molecule has 0 radical (unpaired) electrons. The van der Waals surface area contributed by atoms with Crippen molar-refractivity contribution in [2.45, 2.75) is 13.8 Å². The van der Waals surface area contributed by atoms with Crippen LogP contribution in [0, 0.1) is 0 Å². The molecule has 1 aromatic heterocycles. The number of hydrogen-bond acceptors (Lipinski definition) is 3. The van der Waals surface area contributed by atoms with Crippen molar-refractivity contribution >= 4 is 5.82 Å². The molecular weight excluding hydrogens is 162 g/mol. The third-order valence-electron chi connectivity index (χ3n) is 1.35. The van der Waals surface area contributed by atoms with Crippen molar-refractivity contribution in [2.75, 3.05) is 25.5 Å². The van der Waals surface area contributed by atoms with E-state index in [0.717, 1.165) is 18.9 Å². The molecule has 1 aromatic rings. The Hall–Kier alpha value is -1.09. The molecule has 3 nitrogen and oxygen atoms in total. The maximum absolute atomic E-state index is 4.11. The Morgan fingerprint density at radius 1 is 1.23 bits per heavy atom. The van der Waals surface area contributed by atoms with Crippen molar-refractivity contribution < 1.29 is 0 Å². The molecule has 0 atom stereocenters. The fourth-order valence-electron chi connectivity index (χ4n) is 0.783. The number of rotatable bonds is 4. The van der Waals surface area contributed by atoms with E-state index < -0.39 is 0 Å². The molecule has 0 aliphatic carbocycles. The normalized spacial score (nSPS) is 8.54. The predicted molar refractivity (Wildman–Crippen MR) is 58.0 cm³/mol. The molecule has 0 amide bonds. The van der Waals surface area contributed by atoms with E-state index in [1.54, 1.807) is 6.20 Å². The Bertz CT molecular complexity index is 187. The van der Waals surface area contributed by atoms with Gasteiger partial charge in [0, 0.05) is 19.3 Å². The van der Waals surface area contributed by atoms with Crippen LogP contribution in [0.15, 0.2) is 24.4 Å². The highest BCUT2D eigenvalue weighted by Gasteiger charge is 1.87. The van der Waals surface area contributed by atoms with Crippen LogP contribution in [0.5, 0.6) is 0 Å². The van der Waals surface area contributed by atoms with E-state index in [1.165, 1.54) is 0 Å². The molecular formula is C10H19N3. The molecule has 13 heavy (non-hydrogen) atoms. The van der Waals surface area contributed by atoms with Gasteiger partial charge in [-0.05, 0) is 19.2 Å². The molecule has 0 aliphatic rings. The maximum Gasteiger partial charge on any atom is 0.125 e. The van der Waals surface area contributed by atoms with Gasteiger partial charge in [-0.25, -0.2) is 4.98 Å². The number of aromatic nitrogens is 1. The second-order valence-corrected chi connectivity index (χ2v) is 2.25. The molecule has 0 spiro atoms. The van der Waals surface area contributed by atoms with Crippen LogP contribution in [0.2, 0.25) is 0 Å². The van der Waals surface area contributed by atoms with Gasteiger partial charge in [0.15, 0.2) is 0 Å². The van der Waals surface area contributed by atoms with Crippen molar-refractivity contribution in [1.29, 1.82) is 0 Å². The van der Waals surface area contributed by atoms with Gasteiger partial charge in [0.05, 0.1) is 0 Å². The molecule has 74 valence electrons. The zero-order valence-corrected chi connectivity index (χ0v) is 8.67. The van der Waals surface area contributed by atoms with Crippen LogP contribution in [0.3, 0.4) is 0 Å².